The number of anilines is 1. The third-order valence-electron chi connectivity index (χ3n) is 2.84. The summed E-state index contributed by atoms with van der Waals surface area (Å²) < 4.78 is 5.52. The average molecular weight is 296 g/mol. The van der Waals surface area contributed by atoms with Gasteiger partial charge in [-0.15, -0.1) is 5.10 Å². The molecule has 1 unspecified atom stereocenters. The molecule has 1 atom stereocenters. The molecule has 98 valence electrons. The Hall–Kier alpha value is -1.53. The van der Waals surface area contributed by atoms with Gasteiger partial charge in [-0.1, -0.05) is 16.7 Å². The van der Waals surface area contributed by atoms with Crippen molar-refractivity contribution in [1.29, 1.82) is 0 Å². The van der Waals surface area contributed by atoms with E-state index in [4.69, 9.17) is 16.0 Å². The Morgan fingerprint density at radius 3 is 2.68 bits per heavy atom. The number of benzene rings is 1. The van der Waals surface area contributed by atoms with Gasteiger partial charge in [-0.3, -0.25) is 9.69 Å². The van der Waals surface area contributed by atoms with Crippen LogP contribution < -0.4 is 4.90 Å². The standard InChI is InChI=1S/C12H10ClN3O2S/c13-8-3-1-7(2-4-8)11-14-15-12(18-11)16-6-9(19)5-10(16)17/h1-4,9,19H,5-6H2. The van der Waals surface area contributed by atoms with Gasteiger partial charge in [0.2, 0.25) is 11.8 Å². The molecule has 1 aromatic heterocycles. The molecule has 2 heterocycles. The molecule has 0 aliphatic carbocycles. The molecule has 0 spiro atoms. The van der Waals surface area contributed by atoms with Crippen molar-refractivity contribution in [3.63, 3.8) is 0 Å². The summed E-state index contributed by atoms with van der Waals surface area (Å²) in [6, 6.07) is 7.27. The lowest BCUT2D eigenvalue weighted by Crippen LogP contribution is -2.24. The van der Waals surface area contributed by atoms with E-state index in [-0.39, 0.29) is 17.2 Å². The maximum Gasteiger partial charge on any atom is 0.325 e. The van der Waals surface area contributed by atoms with E-state index >= 15 is 0 Å². The molecule has 0 radical (unpaired) electrons. The monoisotopic (exact) mass is 295 g/mol. The van der Waals surface area contributed by atoms with E-state index in [0.717, 1.165) is 5.56 Å². The van der Waals surface area contributed by atoms with Crippen LogP contribution in [0.25, 0.3) is 11.5 Å². The molecule has 1 saturated heterocycles. The lowest BCUT2D eigenvalue weighted by molar-refractivity contribution is -0.117. The number of thiol groups is 1. The van der Waals surface area contributed by atoms with Crippen molar-refractivity contribution in [2.24, 2.45) is 0 Å². The Labute approximate surface area is 120 Å². The van der Waals surface area contributed by atoms with Crippen LogP contribution >= 0.6 is 24.2 Å². The van der Waals surface area contributed by atoms with Gasteiger partial charge in [0.25, 0.3) is 0 Å². The number of hydrogen-bond acceptors (Lipinski definition) is 5. The summed E-state index contributed by atoms with van der Waals surface area (Å²) in [6.07, 6.45) is 0.391. The highest BCUT2D eigenvalue weighted by Gasteiger charge is 2.31. The van der Waals surface area contributed by atoms with Crippen molar-refractivity contribution in [2.75, 3.05) is 11.4 Å². The van der Waals surface area contributed by atoms with Crippen LogP contribution in [0.4, 0.5) is 6.01 Å². The lowest BCUT2D eigenvalue weighted by Gasteiger charge is -2.08. The predicted molar refractivity (Wildman–Crippen MR) is 74.5 cm³/mol. The van der Waals surface area contributed by atoms with Gasteiger partial charge in [-0.05, 0) is 24.3 Å². The van der Waals surface area contributed by atoms with Crippen LogP contribution in [-0.4, -0.2) is 27.9 Å². The molecule has 5 nitrogen and oxygen atoms in total. The van der Waals surface area contributed by atoms with Crippen molar-refractivity contribution >= 4 is 36.2 Å². The average Bonchev–Trinajstić information content (AvgIpc) is 2.97. The molecule has 1 aromatic carbocycles. The molecule has 0 N–H and O–H groups in total. The Balaban J connectivity index is 1.87. The van der Waals surface area contributed by atoms with Gasteiger partial charge in [0.15, 0.2) is 0 Å². The number of carbonyl (C=O) groups is 1. The Morgan fingerprint density at radius 2 is 2.05 bits per heavy atom. The number of rotatable bonds is 2. The van der Waals surface area contributed by atoms with E-state index in [1.165, 1.54) is 4.90 Å². The van der Waals surface area contributed by atoms with E-state index in [0.29, 0.717) is 23.9 Å². The molecule has 19 heavy (non-hydrogen) atoms. The Kier molecular flexibility index (Phi) is 3.20. The zero-order valence-corrected chi connectivity index (χ0v) is 11.4. The summed E-state index contributed by atoms with van der Waals surface area (Å²) in [4.78, 5) is 13.2. The van der Waals surface area contributed by atoms with Gasteiger partial charge in [0, 0.05) is 28.8 Å². The summed E-state index contributed by atoms with van der Waals surface area (Å²) in [7, 11) is 0. The van der Waals surface area contributed by atoms with Crippen LogP contribution in [0, 0.1) is 0 Å². The van der Waals surface area contributed by atoms with Crippen LogP contribution in [0.15, 0.2) is 28.7 Å². The van der Waals surface area contributed by atoms with E-state index in [2.05, 4.69) is 22.8 Å². The number of carbonyl (C=O) groups excluding carboxylic acids is 1. The van der Waals surface area contributed by atoms with Crippen LogP contribution in [-0.2, 0) is 4.79 Å². The molecule has 3 rings (SSSR count). The van der Waals surface area contributed by atoms with Crippen LogP contribution in [0.5, 0.6) is 0 Å². The second-order valence-electron chi connectivity index (χ2n) is 4.26. The molecule has 1 fully saturated rings. The number of halogens is 1. The quantitative estimate of drug-likeness (QED) is 0.865. The topological polar surface area (TPSA) is 59.2 Å². The zero-order chi connectivity index (χ0) is 13.4. The highest BCUT2D eigenvalue weighted by Crippen LogP contribution is 2.27. The van der Waals surface area contributed by atoms with Gasteiger partial charge in [-0.25, -0.2) is 0 Å². The van der Waals surface area contributed by atoms with E-state index < -0.39 is 0 Å². The molecule has 2 aromatic rings. The number of amides is 1. The largest absolute Gasteiger partial charge is 0.403 e. The van der Waals surface area contributed by atoms with E-state index in [9.17, 15) is 4.79 Å². The molecular formula is C12H10ClN3O2S. The predicted octanol–water partition coefficient (Wildman–Crippen LogP) is 2.43. The number of hydrogen-bond donors (Lipinski definition) is 1. The minimum atomic E-state index is -0.0497. The van der Waals surface area contributed by atoms with Crippen molar-refractivity contribution in [3.8, 4) is 11.5 Å². The lowest BCUT2D eigenvalue weighted by atomic mass is 10.2. The van der Waals surface area contributed by atoms with Crippen LogP contribution in [0.1, 0.15) is 6.42 Å². The zero-order valence-electron chi connectivity index (χ0n) is 9.78. The maximum atomic E-state index is 11.7. The fourth-order valence-electron chi connectivity index (χ4n) is 1.91. The molecule has 1 amide bonds. The first-order valence-electron chi connectivity index (χ1n) is 5.71. The second kappa shape index (κ2) is 4.86. The van der Waals surface area contributed by atoms with Gasteiger partial charge >= 0.3 is 6.01 Å². The molecular weight excluding hydrogens is 286 g/mol. The van der Waals surface area contributed by atoms with Gasteiger partial charge in [0.1, 0.15) is 0 Å². The number of nitrogens with zero attached hydrogens (tertiary/aromatic N) is 3. The fraction of sp³-hybridized carbons (Fsp3) is 0.250. The molecule has 0 bridgehead atoms. The fourth-order valence-corrected chi connectivity index (χ4v) is 2.35. The van der Waals surface area contributed by atoms with Crippen molar-refractivity contribution in [3.05, 3.63) is 29.3 Å². The normalized spacial score (nSPS) is 19.2. The summed E-state index contributed by atoms with van der Waals surface area (Å²) in [5.74, 6) is 0.313. The minimum absolute atomic E-state index is 0.0124. The third kappa shape index (κ3) is 2.46. The Morgan fingerprint density at radius 1 is 1.32 bits per heavy atom. The Bertz CT molecular complexity index is 614. The molecule has 0 saturated carbocycles. The van der Waals surface area contributed by atoms with Gasteiger partial charge in [-0.2, -0.15) is 12.6 Å². The molecule has 1 aliphatic rings. The van der Waals surface area contributed by atoms with Crippen molar-refractivity contribution < 1.29 is 9.21 Å². The van der Waals surface area contributed by atoms with Crippen LogP contribution in [0.3, 0.4) is 0 Å². The van der Waals surface area contributed by atoms with Crippen LogP contribution in [0.2, 0.25) is 5.02 Å². The van der Waals surface area contributed by atoms with E-state index in [1.54, 1.807) is 24.3 Å². The highest BCUT2D eigenvalue weighted by atomic mass is 35.5. The second-order valence-corrected chi connectivity index (χ2v) is 5.43. The van der Waals surface area contributed by atoms with Gasteiger partial charge < -0.3 is 4.42 Å². The molecule has 7 heteroatoms. The highest BCUT2D eigenvalue weighted by molar-refractivity contribution is 7.81. The summed E-state index contributed by atoms with van der Waals surface area (Å²) >= 11 is 10.1. The summed E-state index contributed by atoms with van der Waals surface area (Å²) in [5.41, 5.74) is 0.761. The first-order chi connectivity index (χ1) is 9.13. The third-order valence-corrected chi connectivity index (χ3v) is 3.44. The van der Waals surface area contributed by atoms with E-state index in [1.807, 2.05) is 0 Å². The first-order valence-corrected chi connectivity index (χ1v) is 6.61. The summed E-state index contributed by atoms with van der Waals surface area (Å²) in [5, 5.41) is 8.49. The maximum absolute atomic E-state index is 11.7. The molecule has 1 aliphatic heterocycles. The SMILES string of the molecule is O=C1CC(S)CN1c1nnc(-c2ccc(Cl)cc2)o1. The van der Waals surface area contributed by atoms with Crippen molar-refractivity contribution in [2.45, 2.75) is 11.7 Å². The minimum Gasteiger partial charge on any atom is -0.403 e. The van der Waals surface area contributed by atoms with Gasteiger partial charge in [0.05, 0.1) is 0 Å². The first kappa shape index (κ1) is 12.5. The smallest absolute Gasteiger partial charge is 0.325 e. The summed E-state index contributed by atoms with van der Waals surface area (Å²) in [6.45, 7) is 0.490. The van der Waals surface area contributed by atoms with Crippen molar-refractivity contribution in [1.82, 2.24) is 10.2 Å². The number of aromatic nitrogens is 2.